The van der Waals surface area contributed by atoms with Crippen molar-refractivity contribution < 1.29 is 34.8 Å². The number of phenols is 1. The van der Waals surface area contributed by atoms with Gasteiger partial charge < -0.3 is 31.9 Å². The van der Waals surface area contributed by atoms with Gasteiger partial charge in [0.15, 0.2) is 11.4 Å². The summed E-state index contributed by atoms with van der Waals surface area (Å²) in [5.41, 5.74) is 7.20. The molecule has 3 aliphatic carbocycles. The lowest BCUT2D eigenvalue weighted by Gasteiger charge is -2.59. The zero-order valence-electron chi connectivity index (χ0n) is 22.8. The standard InChI is InChI=1S/C30H33N3O7/c1-28-11-17-16(14-8-6-5-7-9-14)10-15(12-31)21(34)18(17)22(35)20(28)26(38)30(40)25(37)19(27(32)39)23(36)24(33(3)4)29(30,2)13-28/h5-10,24,34-35,37,40H,11-13,31H2,1-4H3,(H2,32,39)/t24-,28-,29-,30+/m0/s1. The molecule has 4 atom stereocenters. The number of phenolic OH excluding ortho intramolecular Hbond substituents is 1. The Kier molecular flexibility index (Phi) is 6.03. The Morgan fingerprint density at radius 3 is 2.27 bits per heavy atom. The van der Waals surface area contributed by atoms with Crippen LogP contribution in [0.1, 0.15) is 37.0 Å². The second kappa shape index (κ2) is 8.76. The molecule has 40 heavy (non-hydrogen) atoms. The van der Waals surface area contributed by atoms with Crippen LogP contribution in [0.15, 0.2) is 53.3 Å². The van der Waals surface area contributed by atoms with E-state index >= 15 is 0 Å². The summed E-state index contributed by atoms with van der Waals surface area (Å²) in [5.74, 6) is -5.13. The Morgan fingerprint density at radius 2 is 1.73 bits per heavy atom. The minimum atomic E-state index is -2.76. The van der Waals surface area contributed by atoms with Gasteiger partial charge in [-0.05, 0) is 49.7 Å². The summed E-state index contributed by atoms with van der Waals surface area (Å²) in [6.07, 6.45) is 0.114. The van der Waals surface area contributed by atoms with Gasteiger partial charge in [0.2, 0.25) is 5.78 Å². The molecule has 0 aromatic heterocycles. The maximum atomic E-state index is 14.4. The molecule has 0 aliphatic heterocycles. The van der Waals surface area contributed by atoms with Crippen molar-refractivity contribution in [3.05, 3.63) is 70.0 Å². The van der Waals surface area contributed by atoms with Crippen molar-refractivity contribution in [1.29, 1.82) is 0 Å². The van der Waals surface area contributed by atoms with Gasteiger partial charge in [-0.3, -0.25) is 19.3 Å². The molecule has 210 valence electrons. The first-order valence-corrected chi connectivity index (χ1v) is 12.9. The number of hydrogen-bond donors (Lipinski definition) is 6. The molecule has 0 saturated heterocycles. The van der Waals surface area contributed by atoms with E-state index in [4.69, 9.17) is 11.5 Å². The van der Waals surface area contributed by atoms with Gasteiger partial charge in [0.25, 0.3) is 5.91 Å². The van der Waals surface area contributed by atoms with E-state index in [0.29, 0.717) is 16.7 Å². The van der Waals surface area contributed by atoms with Crippen molar-refractivity contribution >= 4 is 23.2 Å². The quantitative estimate of drug-likeness (QED) is 0.311. The number of hydrogen-bond acceptors (Lipinski definition) is 9. The van der Waals surface area contributed by atoms with E-state index in [-0.39, 0.29) is 36.3 Å². The smallest absolute Gasteiger partial charge is 0.255 e. The molecule has 8 N–H and O–H groups in total. The Morgan fingerprint density at radius 1 is 1.10 bits per heavy atom. The van der Waals surface area contributed by atoms with Crippen molar-refractivity contribution in [3.8, 4) is 16.9 Å². The first kappa shape index (κ1) is 27.6. The summed E-state index contributed by atoms with van der Waals surface area (Å²) in [5, 5.41) is 46.2. The lowest BCUT2D eigenvalue weighted by atomic mass is 9.46. The van der Waals surface area contributed by atoms with Crippen molar-refractivity contribution in [2.24, 2.45) is 22.3 Å². The van der Waals surface area contributed by atoms with Crippen molar-refractivity contribution in [3.63, 3.8) is 0 Å². The maximum absolute atomic E-state index is 14.4. The van der Waals surface area contributed by atoms with Crippen LogP contribution in [0.3, 0.4) is 0 Å². The summed E-state index contributed by atoms with van der Waals surface area (Å²) < 4.78 is 0. The molecule has 0 radical (unpaired) electrons. The largest absolute Gasteiger partial charge is 0.508 e. The number of ketones is 2. The van der Waals surface area contributed by atoms with Crippen LogP contribution in [0, 0.1) is 10.8 Å². The van der Waals surface area contributed by atoms with E-state index in [9.17, 15) is 34.8 Å². The summed E-state index contributed by atoms with van der Waals surface area (Å²) >= 11 is 0. The Labute approximate surface area is 231 Å². The number of carbonyl (C=O) groups excluding carboxylic acids is 3. The summed E-state index contributed by atoms with van der Waals surface area (Å²) in [4.78, 5) is 41.6. The second-order valence-corrected chi connectivity index (χ2v) is 11.8. The molecule has 0 heterocycles. The first-order chi connectivity index (χ1) is 18.7. The number of aromatic hydroxyl groups is 1. The summed E-state index contributed by atoms with van der Waals surface area (Å²) in [7, 11) is 3.14. The number of Topliss-reactive ketones (excluding diaryl/α,β-unsaturated/α-hetero) is 2. The number of fused-ring (bicyclic) bond motifs is 3. The van der Waals surface area contributed by atoms with Gasteiger partial charge in [-0.2, -0.15) is 0 Å². The molecule has 0 unspecified atom stereocenters. The van der Waals surface area contributed by atoms with E-state index in [1.807, 2.05) is 30.3 Å². The number of likely N-dealkylation sites (N-methyl/N-ethyl adjacent to an activating group) is 1. The molecule has 2 aromatic carbocycles. The molecule has 0 spiro atoms. The monoisotopic (exact) mass is 547 g/mol. The molecule has 2 aromatic rings. The highest BCUT2D eigenvalue weighted by Gasteiger charge is 2.72. The predicted octanol–water partition coefficient (Wildman–Crippen LogP) is 1.87. The van der Waals surface area contributed by atoms with Crippen molar-refractivity contribution in [2.45, 2.75) is 44.9 Å². The van der Waals surface area contributed by atoms with Crippen LogP contribution in [0.5, 0.6) is 5.75 Å². The number of benzene rings is 2. The molecule has 10 heteroatoms. The minimum Gasteiger partial charge on any atom is -0.508 e. The van der Waals surface area contributed by atoms with Crippen LogP contribution >= 0.6 is 0 Å². The Bertz CT molecular complexity index is 1560. The van der Waals surface area contributed by atoms with Gasteiger partial charge in [-0.1, -0.05) is 44.2 Å². The average molecular weight is 548 g/mol. The minimum absolute atomic E-state index is 0.0180. The van der Waals surface area contributed by atoms with Gasteiger partial charge in [0.1, 0.15) is 22.8 Å². The van der Waals surface area contributed by atoms with Crippen LogP contribution in [-0.2, 0) is 27.3 Å². The molecule has 3 aliphatic rings. The SMILES string of the molecule is CN(C)[C@H]1C(=O)C(C(N)=O)=C(O)[C@@]2(O)C(=O)C3=C(O)c4c(O)c(CN)cc(-c5ccccc5)c4C[C@@]3(C)C[C@@]12C. The lowest BCUT2D eigenvalue weighted by molar-refractivity contribution is -0.175. The summed E-state index contributed by atoms with van der Waals surface area (Å²) in [6.45, 7) is 3.21. The number of aliphatic hydroxyl groups is 3. The number of carbonyl (C=O) groups is 3. The van der Waals surface area contributed by atoms with E-state index < -0.39 is 57.0 Å². The van der Waals surface area contributed by atoms with Gasteiger partial charge in [0.05, 0.1) is 11.6 Å². The third-order valence-electron chi connectivity index (χ3n) is 9.02. The van der Waals surface area contributed by atoms with Crippen LogP contribution in [0.4, 0.5) is 0 Å². The second-order valence-electron chi connectivity index (χ2n) is 11.8. The molecule has 5 rings (SSSR count). The number of nitrogens with zero attached hydrogens (tertiary/aromatic N) is 1. The molecule has 1 fully saturated rings. The molecule has 1 saturated carbocycles. The number of nitrogens with two attached hydrogens (primary N) is 2. The Hall–Kier alpha value is -3.99. The number of aliphatic hydroxyl groups excluding tert-OH is 2. The van der Waals surface area contributed by atoms with E-state index in [1.165, 1.54) is 11.8 Å². The fourth-order valence-electron chi connectivity index (χ4n) is 7.48. The topological polar surface area (TPSA) is 187 Å². The van der Waals surface area contributed by atoms with Gasteiger partial charge in [-0.25, -0.2) is 0 Å². The zero-order valence-corrected chi connectivity index (χ0v) is 22.8. The first-order valence-electron chi connectivity index (χ1n) is 12.9. The third-order valence-corrected chi connectivity index (χ3v) is 9.02. The molecule has 1 amide bonds. The molecule has 0 bridgehead atoms. The highest BCUT2D eigenvalue weighted by Crippen LogP contribution is 2.63. The van der Waals surface area contributed by atoms with Crippen molar-refractivity contribution in [2.75, 3.05) is 14.1 Å². The summed E-state index contributed by atoms with van der Waals surface area (Å²) in [6, 6.07) is 9.89. The van der Waals surface area contributed by atoms with Crippen LogP contribution < -0.4 is 11.5 Å². The fourth-order valence-corrected chi connectivity index (χ4v) is 7.48. The fraction of sp³-hybridized carbons (Fsp3) is 0.367. The average Bonchev–Trinajstić information content (AvgIpc) is 2.86. The lowest BCUT2D eigenvalue weighted by Crippen LogP contribution is -2.72. The van der Waals surface area contributed by atoms with E-state index in [0.717, 1.165) is 5.56 Å². The van der Waals surface area contributed by atoms with Crippen LogP contribution in [0.25, 0.3) is 16.9 Å². The van der Waals surface area contributed by atoms with E-state index in [2.05, 4.69) is 0 Å². The zero-order chi connectivity index (χ0) is 29.5. The van der Waals surface area contributed by atoms with E-state index in [1.54, 1.807) is 27.1 Å². The van der Waals surface area contributed by atoms with Gasteiger partial charge >= 0.3 is 0 Å². The van der Waals surface area contributed by atoms with Gasteiger partial charge in [0, 0.05) is 28.5 Å². The highest BCUT2D eigenvalue weighted by atomic mass is 16.3. The maximum Gasteiger partial charge on any atom is 0.255 e. The third kappa shape index (κ3) is 3.30. The van der Waals surface area contributed by atoms with Crippen LogP contribution in [0.2, 0.25) is 0 Å². The van der Waals surface area contributed by atoms with Gasteiger partial charge in [-0.15, -0.1) is 0 Å². The Balaban J connectivity index is 1.86. The molecular weight excluding hydrogens is 514 g/mol. The highest BCUT2D eigenvalue weighted by molar-refractivity contribution is 6.25. The molecule has 10 nitrogen and oxygen atoms in total. The molecular formula is C30H33N3O7. The van der Waals surface area contributed by atoms with Crippen molar-refractivity contribution in [1.82, 2.24) is 4.90 Å². The number of rotatable bonds is 4. The number of primary amides is 1. The number of amides is 1. The normalized spacial score (nSPS) is 29.8. The van der Waals surface area contributed by atoms with Crippen LogP contribution in [-0.4, -0.2) is 68.5 Å². The predicted molar refractivity (Wildman–Crippen MR) is 147 cm³/mol.